The molecule has 0 spiro atoms. The molecule has 20 heavy (non-hydrogen) atoms. The Kier molecular flexibility index (Phi) is 4.58. The Morgan fingerprint density at radius 2 is 1.65 bits per heavy atom. The Labute approximate surface area is 122 Å². The van der Waals surface area contributed by atoms with Crippen molar-refractivity contribution in [1.29, 1.82) is 0 Å². The largest absolute Gasteiger partial charge is 0.393 e. The summed E-state index contributed by atoms with van der Waals surface area (Å²) in [6.45, 7) is 5.54. The maximum Gasteiger partial charge on any atom is 0.0580 e. The highest BCUT2D eigenvalue weighted by molar-refractivity contribution is 5.46. The van der Waals surface area contributed by atoms with Crippen molar-refractivity contribution in [2.45, 2.75) is 31.8 Å². The van der Waals surface area contributed by atoms with Gasteiger partial charge in [0.15, 0.2) is 0 Å². The van der Waals surface area contributed by atoms with Gasteiger partial charge >= 0.3 is 0 Å². The van der Waals surface area contributed by atoms with Gasteiger partial charge in [-0.1, -0.05) is 31.0 Å². The third-order valence-electron chi connectivity index (χ3n) is 4.86. The number of aliphatic hydroxyl groups is 1. The summed E-state index contributed by atoms with van der Waals surface area (Å²) < 4.78 is 0. The summed E-state index contributed by atoms with van der Waals surface area (Å²) >= 11 is 0. The first-order chi connectivity index (χ1) is 9.83. The van der Waals surface area contributed by atoms with Crippen LogP contribution in [0.3, 0.4) is 0 Å². The zero-order valence-electron chi connectivity index (χ0n) is 12.2. The minimum Gasteiger partial charge on any atom is -0.393 e. The number of hydrogen-bond donors (Lipinski definition) is 1. The minimum atomic E-state index is -0.0593. The monoisotopic (exact) mass is 274 g/mol. The van der Waals surface area contributed by atoms with Gasteiger partial charge in [0.2, 0.25) is 0 Å². The van der Waals surface area contributed by atoms with Crippen molar-refractivity contribution in [3.63, 3.8) is 0 Å². The molecule has 1 aliphatic carbocycles. The van der Waals surface area contributed by atoms with Crippen molar-refractivity contribution in [2.75, 3.05) is 37.6 Å². The Balaban J connectivity index is 1.49. The van der Waals surface area contributed by atoms with Crippen LogP contribution in [0.25, 0.3) is 0 Å². The van der Waals surface area contributed by atoms with Gasteiger partial charge in [0.25, 0.3) is 0 Å². The van der Waals surface area contributed by atoms with E-state index in [2.05, 4.69) is 40.1 Å². The predicted molar refractivity (Wildman–Crippen MR) is 83.1 cm³/mol. The van der Waals surface area contributed by atoms with E-state index >= 15 is 0 Å². The topological polar surface area (TPSA) is 26.7 Å². The normalized spacial score (nSPS) is 28.6. The fraction of sp³-hybridized carbons (Fsp3) is 0.647. The number of hydrogen-bond acceptors (Lipinski definition) is 3. The highest BCUT2D eigenvalue weighted by atomic mass is 16.3. The van der Waals surface area contributed by atoms with Gasteiger partial charge < -0.3 is 10.0 Å². The number of nitrogens with zero attached hydrogens (tertiary/aromatic N) is 2. The number of aliphatic hydroxyl groups excluding tert-OH is 1. The maximum absolute atomic E-state index is 10.1. The van der Waals surface area contributed by atoms with Crippen LogP contribution < -0.4 is 4.90 Å². The lowest BCUT2D eigenvalue weighted by Gasteiger charge is -2.39. The van der Waals surface area contributed by atoms with Crippen molar-refractivity contribution in [2.24, 2.45) is 5.92 Å². The molecule has 2 fully saturated rings. The van der Waals surface area contributed by atoms with Gasteiger partial charge in [-0.15, -0.1) is 0 Å². The van der Waals surface area contributed by atoms with Crippen molar-refractivity contribution in [3.8, 4) is 0 Å². The third kappa shape index (κ3) is 3.33. The number of para-hydroxylation sites is 1. The fourth-order valence-electron chi connectivity index (χ4n) is 3.56. The van der Waals surface area contributed by atoms with Crippen molar-refractivity contribution in [3.05, 3.63) is 30.3 Å². The SMILES string of the molecule is O[C@H]1CCCC[C@@H]1CN1CCN(c2ccccc2)CC1. The number of rotatable bonds is 3. The molecule has 2 atom stereocenters. The number of benzene rings is 1. The highest BCUT2D eigenvalue weighted by Gasteiger charge is 2.26. The van der Waals surface area contributed by atoms with Gasteiger partial charge in [-0.2, -0.15) is 0 Å². The van der Waals surface area contributed by atoms with Crippen LogP contribution in [0.1, 0.15) is 25.7 Å². The maximum atomic E-state index is 10.1. The second-order valence-corrected chi connectivity index (χ2v) is 6.24. The first-order valence-electron chi connectivity index (χ1n) is 8.03. The van der Waals surface area contributed by atoms with E-state index in [1.54, 1.807) is 0 Å². The van der Waals surface area contributed by atoms with E-state index in [0.717, 1.165) is 39.1 Å². The second-order valence-electron chi connectivity index (χ2n) is 6.24. The molecule has 0 unspecified atom stereocenters. The minimum absolute atomic E-state index is 0.0593. The van der Waals surface area contributed by atoms with Crippen LogP contribution in [0.4, 0.5) is 5.69 Å². The number of piperazine rings is 1. The summed E-state index contributed by atoms with van der Waals surface area (Å²) in [7, 11) is 0. The summed E-state index contributed by atoms with van der Waals surface area (Å²) in [5.74, 6) is 0.507. The van der Waals surface area contributed by atoms with Crippen molar-refractivity contribution >= 4 is 5.69 Å². The third-order valence-corrected chi connectivity index (χ3v) is 4.86. The molecule has 1 saturated carbocycles. The molecule has 1 N–H and O–H groups in total. The molecule has 3 rings (SSSR count). The molecule has 0 bridgehead atoms. The molecule has 0 radical (unpaired) electrons. The summed E-state index contributed by atoms with van der Waals surface area (Å²) in [6, 6.07) is 10.7. The van der Waals surface area contributed by atoms with Crippen LogP contribution in [-0.4, -0.2) is 48.8 Å². The lowest BCUT2D eigenvalue weighted by molar-refractivity contribution is 0.0453. The van der Waals surface area contributed by atoms with E-state index in [9.17, 15) is 5.11 Å². The lowest BCUT2D eigenvalue weighted by Crippen LogP contribution is -2.49. The molecule has 3 nitrogen and oxygen atoms in total. The lowest BCUT2D eigenvalue weighted by atomic mass is 9.86. The van der Waals surface area contributed by atoms with Crippen LogP contribution in [0.5, 0.6) is 0 Å². The molecular formula is C17H26N2O. The summed E-state index contributed by atoms with van der Waals surface area (Å²) in [6.07, 6.45) is 4.66. The van der Waals surface area contributed by atoms with Crippen LogP contribution in [0.2, 0.25) is 0 Å². The van der Waals surface area contributed by atoms with E-state index in [1.165, 1.54) is 24.9 Å². The molecular weight excluding hydrogens is 248 g/mol. The van der Waals surface area contributed by atoms with Crippen LogP contribution in [0, 0.1) is 5.92 Å². The Morgan fingerprint density at radius 3 is 2.35 bits per heavy atom. The second kappa shape index (κ2) is 6.59. The molecule has 110 valence electrons. The zero-order valence-corrected chi connectivity index (χ0v) is 12.2. The van der Waals surface area contributed by atoms with Gasteiger partial charge in [-0.05, 0) is 30.9 Å². The molecule has 1 saturated heterocycles. The fourth-order valence-corrected chi connectivity index (χ4v) is 3.56. The zero-order chi connectivity index (χ0) is 13.8. The van der Waals surface area contributed by atoms with Gasteiger partial charge in [0.1, 0.15) is 0 Å². The van der Waals surface area contributed by atoms with Crippen LogP contribution in [0.15, 0.2) is 30.3 Å². The van der Waals surface area contributed by atoms with Crippen LogP contribution in [-0.2, 0) is 0 Å². The quantitative estimate of drug-likeness (QED) is 0.916. The van der Waals surface area contributed by atoms with Gasteiger partial charge in [-0.25, -0.2) is 0 Å². The molecule has 1 aliphatic heterocycles. The Hall–Kier alpha value is -1.06. The highest BCUT2D eigenvalue weighted by Crippen LogP contribution is 2.26. The van der Waals surface area contributed by atoms with Crippen molar-refractivity contribution < 1.29 is 5.11 Å². The van der Waals surface area contributed by atoms with E-state index < -0.39 is 0 Å². The van der Waals surface area contributed by atoms with E-state index in [0.29, 0.717) is 5.92 Å². The standard InChI is InChI=1S/C17H26N2O/c20-17-9-5-4-6-15(17)14-18-10-12-19(13-11-18)16-7-2-1-3-8-16/h1-3,7-8,15,17,20H,4-6,9-14H2/t15-,17+/m1/s1. The summed E-state index contributed by atoms with van der Waals surface area (Å²) in [4.78, 5) is 5.01. The van der Waals surface area contributed by atoms with Gasteiger partial charge in [-0.3, -0.25) is 4.90 Å². The Morgan fingerprint density at radius 1 is 0.950 bits per heavy atom. The first-order valence-corrected chi connectivity index (χ1v) is 8.03. The predicted octanol–water partition coefficient (Wildman–Crippen LogP) is 2.36. The molecule has 2 aliphatic rings. The van der Waals surface area contributed by atoms with Crippen LogP contribution >= 0.6 is 0 Å². The Bertz CT molecular complexity index is 401. The molecule has 0 amide bonds. The number of anilines is 1. The van der Waals surface area contributed by atoms with E-state index in [4.69, 9.17) is 0 Å². The van der Waals surface area contributed by atoms with Gasteiger partial charge in [0, 0.05) is 38.4 Å². The summed E-state index contributed by atoms with van der Waals surface area (Å²) in [5.41, 5.74) is 1.34. The molecule has 1 aromatic rings. The average Bonchev–Trinajstić information content (AvgIpc) is 2.51. The van der Waals surface area contributed by atoms with Crippen molar-refractivity contribution in [1.82, 2.24) is 4.90 Å². The molecule has 0 aromatic heterocycles. The molecule has 3 heteroatoms. The van der Waals surface area contributed by atoms with E-state index in [1.807, 2.05) is 0 Å². The average molecular weight is 274 g/mol. The summed E-state index contributed by atoms with van der Waals surface area (Å²) in [5, 5.41) is 10.1. The molecule has 1 heterocycles. The molecule has 1 aromatic carbocycles. The smallest absolute Gasteiger partial charge is 0.0580 e. The van der Waals surface area contributed by atoms with Gasteiger partial charge in [0.05, 0.1) is 6.10 Å². The first kappa shape index (κ1) is 13.9. The van der Waals surface area contributed by atoms with E-state index in [-0.39, 0.29) is 6.10 Å².